The van der Waals surface area contributed by atoms with Crippen molar-refractivity contribution in [3.05, 3.63) is 0 Å². The van der Waals surface area contributed by atoms with Crippen molar-refractivity contribution >= 4 is 28.2 Å². The molecule has 5 nitrogen and oxygen atoms in total. The minimum atomic E-state index is -0.269. The van der Waals surface area contributed by atoms with Crippen molar-refractivity contribution in [1.82, 2.24) is 15.5 Å². The predicted octanol–water partition coefficient (Wildman–Crippen LogP) is 0.667. The van der Waals surface area contributed by atoms with Crippen molar-refractivity contribution in [2.45, 2.75) is 16.8 Å². The molecule has 1 aromatic rings. The molecular weight excluding hydrogens is 244 g/mol. The molecule has 0 aliphatic rings. The van der Waals surface area contributed by atoms with E-state index in [9.17, 15) is 5.11 Å². The molecule has 2 N–H and O–H groups in total. The largest absolute Gasteiger partial charge is 0.394 e. The SMILES string of the molecule is CNC(C)(CO)CSc1nnc(N(C)C)s1. The fraction of sp³-hybridized carbons (Fsp3) is 0.778. The van der Waals surface area contributed by atoms with Gasteiger partial charge in [0, 0.05) is 25.4 Å². The van der Waals surface area contributed by atoms with Crippen LogP contribution >= 0.6 is 23.1 Å². The Labute approximate surface area is 104 Å². The molecule has 92 valence electrons. The Morgan fingerprint density at radius 2 is 2.19 bits per heavy atom. The molecule has 1 atom stereocenters. The summed E-state index contributed by atoms with van der Waals surface area (Å²) in [4.78, 5) is 1.94. The molecule has 0 aliphatic carbocycles. The number of nitrogens with one attached hydrogen (secondary N) is 1. The number of aromatic nitrogens is 2. The van der Waals surface area contributed by atoms with Gasteiger partial charge in [-0.3, -0.25) is 0 Å². The number of hydrogen-bond donors (Lipinski definition) is 2. The van der Waals surface area contributed by atoms with Crippen molar-refractivity contribution in [1.29, 1.82) is 0 Å². The van der Waals surface area contributed by atoms with E-state index in [0.717, 1.165) is 15.2 Å². The van der Waals surface area contributed by atoms with Crippen LogP contribution < -0.4 is 10.2 Å². The van der Waals surface area contributed by atoms with Gasteiger partial charge in [0.25, 0.3) is 0 Å². The Balaban J connectivity index is 2.54. The first kappa shape index (κ1) is 13.7. The molecule has 1 heterocycles. The van der Waals surface area contributed by atoms with E-state index >= 15 is 0 Å². The van der Waals surface area contributed by atoms with Crippen LogP contribution in [-0.2, 0) is 0 Å². The van der Waals surface area contributed by atoms with Gasteiger partial charge in [-0.2, -0.15) is 0 Å². The summed E-state index contributed by atoms with van der Waals surface area (Å²) in [6.45, 7) is 2.09. The highest BCUT2D eigenvalue weighted by Gasteiger charge is 2.21. The minimum Gasteiger partial charge on any atom is -0.394 e. The quantitative estimate of drug-likeness (QED) is 0.735. The summed E-state index contributed by atoms with van der Waals surface area (Å²) in [6, 6.07) is 0. The van der Waals surface area contributed by atoms with Gasteiger partial charge in [-0.1, -0.05) is 23.1 Å². The molecule has 0 saturated carbocycles. The summed E-state index contributed by atoms with van der Waals surface area (Å²) in [5.74, 6) is 0.766. The molecule has 0 bridgehead atoms. The monoisotopic (exact) mass is 262 g/mol. The van der Waals surface area contributed by atoms with E-state index in [1.165, 1.54) is 0 Å². The van der Waals surface area contributed by atoms with Crippen molar-refractivity contribution in [2.75, 3.05) is 38.4 Å². The van der Waals surface area contributed by atoms with Crippen LogP contribution in [0.15, 0.2) is 4.34 Å². The average Bonchev–Trinajstić information content (AvgIpc) is 2.75. The number of aliphatic hydroxyl groups is 1. The first-order chi connectivity index (χ1) is 7.50. The maximum absolute atomic E-state index is 9.24. The second kappa shape index (κ2) is 5.81. The topological polar surface area (TPSA) is 61.3 Å². The third-order valence-corrected chi connectivity index (χ3v) is 4.84. The van der Waals surface area contributed by atoms with Crippen LogP contribution in [0, 0.1) is 0 Å². The molecule has 0 spiro atoms. The Bertz CT molecular complexity index is 325. The Hall–Kier alpha value is -0.370. The van der Waals surface area contributed by atoms with Crippen molar-refractivity contribution in [2.24, 2.45) is 0 Å². The van der Waals surface area contributed by atoms with Crippen molar-refractivity contribution in [3.63, 3.8) is 0 Å². The molecule has 0 amide bonds. The highest BCUT2D eigenvalue weighted by Crippen LogP contribution is 2.28. The third kappa shape index (κ3) is 3.58. The molecule has 7 heteroatoms. The summed E-state index contributed by atoms with van der Waals surface area (Å²) in [6.07, 6.45) is 0. The molecule has 1 unspecified atom stereocenters. The first-order valence-electron chi connectivity index (χ1n) is 4.94. The summed E-state index contributed by atoms with van der Waals surface area (Å²) in [5.41, 5.74) is -0.269. The minimum absolute atomic E-state index is 0.107. The molecular formula is C9H18N4OS2. The second-order valence-electron chi connectivity index (χ2n) is 4.00. The fourth-order valence-corrected chi connectivity index (χ4v) is 2.77. The van der Waals surface area contributed by atoms with Gasteiger partial charge in [0.05, 0.1) is 6.61 Å². The maximum atomic E-state index is 9.24. The van der Waals surface area contributed by atoms with E-state index in [-0.39, 0.29) is 12.1 Å². The van der Waals surface area contributed by atoms with Crippen LogP contribution in [0.1, 0.15) is 6.92 Å². The lowest BCUT2D eigenvalue weighted by atomic mass is 10.1. The van der Waals surface area contributed by atoms with Crippen LogP contribution in [0.25, 0.3) is 0 Å². The Morgan fingerprint density at radius 3 is 2.62 bits per heavy atom. The summed E-state index contributed by atoms with van der Waals surface area (Å²) >= 11 is 3.17. The van der Waals surface area contributed by atoms with E-state index in [1.54, 1.807) is 23.1 Å². The highest BCUT2D eigenvalue weighted by atomic mass is 32.2. The number of rotatable bonds is 6. The van der Waals surface area contributed by atoms with Gasteiger partial charge < -0.3 is 15.3 Å². The third-order valence-electron chi connectivity index (χ3n) is 2.25. The van der Waals surface area contributed by atoms with Gasteiger partial charge in [0.15, 0.2) is 4.34 Å². The van der Waals surface area contributed by atoms with Gasteiger partial charge in [0.2, 0.25) is 5.13 Å². The van der Waals surface area contributed by atoms with Gasteiger partial charge in [-0.25, -0.2) is 0 Å². The number of nitrogens with zero attached hydrogens (tertiary/aromatic N) is 3. The normalized spacial score (nSPS) is 14.8. The maximum Gasteiger partial charge on any atom is 0.208 e. The lowest BCUT2D eigenvalue weighted by Gasteiger charge is -2.25. The smallest absolute Gasteiger partial charge is 0.208 e. The van der Waals surface area contributed by atoms with E-state index in [4.69, 9.17) is 0 Å². The zero-order chi connectivity index (χ0) is 12.2. The number of likely N-dealkylation sites (N-methyl/N-ethyl adjacent to an activating group) is 1. The Morgan fingerprint density at radius 1 is 1.50 bits per heavy atom. The highest BCUT2D eigenvalue weighted by molar-refractivity contribution is 8.01. The number of thioether (sulfide) groups is 1. The number of hydrogen-bond acceptors (Lipinski definition) is 7. The summed E-state index contributed by atoms with van der Waals surface area (Å²) in [5, 5.41) is 21.4. The lowest BCUT2D eigenvalue weighted by molar-refractivity contribution is 0.200. The standard InChI is InChI=1S/C9H18N4OS2/c1-9(5-14,10-2)6-15-8-12-11-7(16-8)13(3)4/h10,14H,5-6H2,1-4H3. The molecule has 0 fully saturated rings. The Kier molecular flexibility index (Phi) is 4.97. The van der Waals surface area contributed by atoms with Gasteiger partial charge in [0.1, 0.15) is 0 Å². The molecule has 0 saturated heterocycles. The van der Waals surface area contributed by atoms with Gasteiger partial charge >= 0.3 is 0 Å². The number of anilines is 1. The summed E-state index contributed by atoms with van der Waals surface area (Å²) in [7, 11) is 5.74. The zero-order valence-electron chi connectivity index (χ0n) is 10.0. The molecule has 0 aliphatic heterocycles. The van der Waals surface area contributed by atoms with E-state index < -0.39 is 0 Å². The van der Waals surface area contributed by atoms with Crippen LogP contribution in [0.4, 0.5) is 5.13 Å². The second-order valence-corrected chi connectivity index (χ2v) is 6.18. The molecule has 1 rings (SSSR count). The van der Waals surface area contributed by atoms with E-state index in [1.807, 2.05) is 33.0 Å². The molecule has 0 aromatic carbocycles. The van der Waals surface area contributed by atoms with Crippen LogP contribution in [0.3, 0.4) is 0 Å². The first-order valence-corrected chi connectivity index (χ1v) is 6.74. The van der Waals surface area contributed by atoms with Crippen LogP contribution in [-0.4, -0.2) is 54.3 Å². The molecule has 16 heavy (non-hydrogen) atoms. The van der Waals surface area contributed by atoms with Gasteiger partial charge in [-0.15, -0.1) is 10.2 Å². The number of aliphatic hydroxyl groups excluding tert-OH is 1. The summed E-state index contributed by atoms with van der Waals surface area (Å²) < 4.78 is 0.929. The van der Waals surface area contributed by atoms with Crippen LogP contribution in [0.2, 0.25) is 0 Å². The molecule has 1 aromatic heterocycles. The van der Waals surface area contributed by atoms with Crippen molar-refractivity contribution < 1.29 is 5.11 Å². The molecule has 0 radical (unpaired) electrons. The van der Waals surface area contributed by atoms with E-state index in [2.05, 4.69) is 15.5 Å². The van der Waals surface area contributed by atoms with Crippen LogP contribution in [0.5, 0.6) is 0 Å². The van der Waals surface area contributed by atoms with E-state index in [0.29, 0.717) is 0 Å². The van der Waals surface area contributed by atoms with Gasteiger partial charge in [-0.05, 0) is 14.0 Å². The lowest BCUT2D eigenvalue weighted by Crippen LogP contribution is -2.45. The average molecular weight is 262 g/mol. The van der Waals surface area contributed by atoms with Crippen molar-refractivity contribution in [3.8, 4) is 0 Å². The fourth-order valence-electron chi connectivity index (χ4n) is 0.859. The predicted molar refractivity (Wildman–Crippen MR) is 69.5 cm³/mol. The zero-order valence-corrected chi connectivity index (χ0v) is 11.7.